The summed E-state index contributed by atoms with van der Waals surface area (Å²) < 4.78 is 7.78. The van der Waals surface area contributed by atoms with E-state index in [2.05, 4.69) is 35.4 Å². The molecule has 0 amide bonds. The molecule has 0 saturated heterocycles. The van der Waals surface area contributed by atoms with E-state index in [-0.39, 0.29) is 0 Å². The largest absolute Gasteiger partial charge is 0.494 e. The topological polar surface area (TPSA) is 39.1 Å². The SMILES string of the molecule is CCOc1ccc(C(C)NC)cc1CSc1nccn1C. The summed E-state index contributed by atoms with van der Waals surface area (Å²) in [6.07, 6.45) is 3.79. The number of aryl methyl sites for hydroxylation is 1. The lowest BCUT2D eigenvalue weighted by molar-refractivity contribution is 0.337. The van der Waals surface area contributed by atoms with Gasteiger partial charge in [-0.3, -0.25) is 0 Å². The van der Waals surface area contributed by atoms with E-state index in [0.29, 0.717) is 12.6 Å². The number of nitrogens with one attached hydrogen (secondary N) is 1. The van der Waals surface area contributed by atoms with Gasteiger partial charge in [0.05, 0.1) is 6.61 Å². The average Bonchev–Trinajstić information content (AvgIpc) is 2.91. The lowest BCUT2D eigenvalue weighted by Crippen LogP contribution is -2.12. The molecule has 0 fully saturated rings. The molecule has 2 rings (SSSR count). The number of nitrogens with zero attached hydrogens (tertiary/aromatic N) is 2. The highest BCUT2D eigenvalue weighted by Crippen LogP contribution is 2.29. The van der Waals surface area contributed by atoms with Crippen LogP contribution in [0.1, 0.15) is 31.0 Å². The second-order valence-corrected chi connectivity index (χ2v) is 5.86. The minimum Gasteiger partial charge on any atom is -0.494 e. The summed E-state index contributed by atoms with van der Waals surface area (Å²) in [6, 6.07) is 6.75. The van der Waals surface area contributed by atoms with Crippen molar-refractivity contribution in [1.29, 1.82) is 0 Å². The number of ether oxygens (including phenoxy) is 1. The smallest absolute Gasteiger partial charge is 0.167 e. The monoisotopic (exact) mass is 305 g/mol. The highest BCUT2D eigenvalue weighted by atomic mass is 32.2. The summed E-state index contributed by atoms with van der Waals surface area (Å²) >= 11 is 1.73. The molecule has 1 aromatic carbocycles. The predicted molar refractivity (Wildman–Crippen MR) is 87.9 cm³/mol. The van der Waals surface area contributed by atoms with Crippen molar-refractivity contribution < 1.29 is 4.74 Å². The van der Waals surface area contributed by atoms with Crippen LogP contribution in [-0.2, 0) is 12.8 Å². The number of imidazole rings is 1. The van der Waals surface area contributed by atoms with Crippen LogP contribution >= 0.6 is 11.8 Å². The van der Waals surface area contributed by atoms with Crippen molar-refractivity contribution in [3.05, 3.63) is 41.7 Å². The number of hydrogen-bond donors (Lipinski definition) is 1. The van der Waals surface area contributed by atoms with Crippen molar-refractivity contribution in [3.8, 4) is 5.75 Å². The Labute approximate surface area is 130 Å². The standard InChI is InChI=1S/C16H23N3OS/c1-5-20-15-7-6-13(12(2)17-3)10-14(15)11-21-16-18-8-9-19(16)4/h6-10,12,17H,5,11H2,1-4H3. The maximum Gasteiger partial charge on any atom is 0.167 e. The van der Waals surface area contributed by atoms with Crippen molar-refractivity contribution in [1.82, 2.24) is 14.9 Å². The molecule has 1 unspecified atom stereocenters. The fourth-order valence-electron chi connectivity index (χ4n) is 2.08. The first-order valence-electron chi connectivity index (χ1n) is 7.18. The third-order valence-corrected chi connectivity index (χ3v) is 4.56. The Hall–Kier alpha value is -1.46. The van der Waals surface area contributed by atoms with Crippen LogP contribution in [-0.4, -0.2) is 23.2 Å². The number of aromatic nitrogens is 2. The molecule has 1 atom stereocenters. The lowest BCUT2D eigenvalue weighted by Gasteiger charge is -2.15. The first-order valence-corrected chi connectivity index (χ1v) is 8.17. The van der Waals surface area contributed by atoms with Crippen LogP contribution in [0.2, 0.25) is 0 Å². The summed E-state index contributed by atoms with van der Waals surface area (Å²) in [4.78, 5) is 4.35. The Morgan fingerprint density at radius 1 is 1.43 bits per heavy atom. The van der Waals surface area contributed by atoms with Gasteiger partial charge in [-0.2, -0.15) is 0 Å². The van der Waals surface area contributed by atoms with Crippen molar-refractivity contribution in [2.45, 2.75) is 30.8 Å². The molecule has 21 heavy (non-hydrogen) atoms. The highest BCUT2D eigenvalue weighted by molar-refractivity contribution is 7.98. The normalized spacial score (nSPS) is 12.4. The highest BCUT2D eigenvalue weighted by Gasteiger charge is 2.10. The molecule has 1 N–H and O–H groups in total. The van der Waals surface area contributed by atoms with E-state index < -0.39 is 0 Å². The van der Waals surface area contributed by atoms with Gasteiger partial charge in [0.2, 0.25) is 0 Å². The Bertz CT molecular complexity index is 583. The number of benzene rings is 1. The van der Waals surface area contributed by atoms with Gasteiger partial charge in [-0.1, -0.05) is 17.8 Å². The Morgan fingerprint density at radius 3 is 2.86 bits per heavy atom. The van der Waals surface area contributed by atoms with Gasteiger partial charge >= 0.3 is 0 Å². The van der Waals surface area contributed by atoms with Gasteiger partial charge in [0.15, 0.2) is 5.16 Å². The Morgan fingerprint density at radius 2 is 2.24 bits per heavy atom. The van der Waals surface area contributed by atoms with E-state index in [1.165, 1.54) is 11.1 Å². The van der Waals surface area contributed by atoms with Crippen LogP contribution in [0.5, 0.6) is 5.75 Å². The van der Waals surface area contributed by atoms with E-state index in [4.69, 9.17) is 4.74 Å². The minimum atomic E-state index is 0.331. The molecule has 5 heteroatoms. The number of hydrogen-bond acceptors (Lipinski definition) is 4. The zero-order chi connectivity index (χ0) is 15.2. The molecule has 0 aliphatic carbocycles. The zero-order valence-electron chi connectivity index (χ0n) is 13.1. The Balaban J connectivity index is 2.19. The first kappa shape index (κ1) is 15.9. The maximum absolute atomic E-state index is 5.74. The molecule has 0 aliphatic rings. The average molecular weight is 305 g/mol. The lowest BCUT2D eigenvalue weighted by atomic mass is 10.1. The van der Waals surface area contributed by atoms with Crippen LogP contribution in [0.25, 0.3) is 0 Å². The molecule has 2 aromatic rings. The second-order valence-electron chi connectivity index (χ2n) is 4.92. The van der Waals surface area contributed by atoms with E-state index >= 15 is 0 Å². The molecule has 0 bridgehead atoms. The van der Waals surface area contributed by atoms with Crippen LogP contribution in [0.4, 0.5) is 0 Å². The third kappa shape index (κ3) is 4.02. The summed E-state index contributed by atoms with van der Waals surface area (Å²) in [5.74, 6) is 1.82. The zero-order valence-corrected chi connectivity index (χ0v) is 13.9. The molecule has 0 aliphatic heterocycles. The van der Waals surface area contributed by atoms with Crippen LogP contribution in [0.15, 0.2) is 35.7 Å². The fourth-order valence-corrected chi connectivity index (χ4v) is 2.99. The predicted octanol–water partition coefficient (Wildman–Crippen LogP) is 3.39. The fraction of sp³-hybridized carbons (Fsp3) is 0.438. The van der Waals surface area contributed by atoms with Crippen molar-refractivity contribution >= 4 is 11.8 Å². The molecular weight excluding hydrogens is 282 g/mol. The summed E-state index contributed by atoms with van der Waals surface area (Å²) in [7, 11) is 3.99. The minimum absolute atomic E-state index is 0.331. The van der Waals surface area contributed by atoms with E-state index in [1.807, 2.05) is 38.0 Å². The molecule has 1 aromatic heterocycles. The van der Waals surface area contributed by atoms with Gasteiger partial charge in [-0.15, -0.1) is 0 Å². The molecule has 1 heterocycles. The van der Waals surface area contributed by atoms with Gasteiger partial charge in [0, 0.05) is 36.8 Å². The van der Waals surface area contributed by atoms with Crippen LogP contribution in [0.3, 0.4) is 0 Å². The number of rotatable bonds is 7. The van der Waals surface area contributed by atoms with E-state index in [0.717, 1.165) is 16.7 Å². The Kier molecular flexibility index (Phi) is 5.70. The van der Waals surface area contributed by atoms with E-state index in [1.54, 1.807) is 11.8 Å². The van der Waals surface area contributed by atoms with Crippen LogP contribution < -0.4 is 10.1 Å². The van der Waals surface area contributed by atoms with Crippen molar-refractivity contribution in [2.75, 3.05) is 13.7 Å². The molecule has 4 nitrogen and oxygen atoms in total. The van der Waals surface area contributed by atoms with Gasteiger partial charge in [0.25, 0.3) is 0 Å². The summed E-state index contributed by atoms with van der Waals surface area (Å²) in [5.41, 5.74) is 2.49. The van der Waals surface area contributed by atoms with Crippen molar-refractivity contribution in [2.24, 2.45) is 7.05 Å². The second kappa shape index (κ2) is 7.52. The van der Waals surface area contributed by atoms with Gasteiger partial charge in [-0.25, -0.2) is 4.98 Å². The molecule has 114 valence electrons. The van der Waals surface area contributed by atoms with E-state index in [9.17, 15) is 0 Å². The summed E-state index contributed by atoms with van der Waals surface area (Å²) in [5, 5.41) is 4.29. The molecule has 0 radical (unpaired) electrons. The molecule has 0 saturated carbocycles. The quantitative estimate of drug-likeness (QED) is 0.796. The van der Waals surface area contributed by atoms with Crippen molar-refractivity contribution in [3.63, 3.8) is 0 Å². The number of thioether (sulfide) groups is 1. The van der Waals surface area contributed by atoms with Gasteiger partial charge in [0.1, 0.15) is 5.75 Å². The summed E-state index contributed by atoms with van der Waals surface area (Å²) in [6.45, 7) is 4.85. The third-order valence-electron chi connectivity index (χ3n) is 3.45. The molecular formula is C16H23N3OS. The van der Waals surface area contributed by atoms with Gasteiger partial charge in [-0.05, 0) is 38.6 Å². The van der Waals surface area contributed by atoms with Crippen LogP contribution in [0, 0.1) is 0 Å². The van der Waals surface area contributed by atoms with Gasteiger partial charge < -0.3 is 14.6 Å². The maximum atomic E-state index is 5.74. The first-order chi connectivity index (χ1) is 10.2. The molecule has 0 spiro atoms.